The Morgan fingerprint density at radius 2 is 1.83 bits per heavy atom. The number of carbonyl (C=O) groups excluding carboxylic acids is 1. The van der Waals surface area contributed by atoms with Gasteiger partial charge in [0.1, 0.15) is 12.4 Å². The molecule has 0 radical (unpaired) electrons. The SMILES string of the molecule is COCCNC1CCN(C[C@@]2(O)CCC[C@H](C)C(C)S(=O)(=O)NC(=O)c3ccc4c(c3)N(CCCCc3cc(Cl)ccc3CO4)C[C@@H]3CCC32)CC1. The molecule has 4 aliphatic rings. The number of benzene rings is 2. The van der Waals surface area contributed by atoms with Crippen molar-refractivity contribution in [2.75, 3.05) is 57.9 Å². The summed E-state index contributed by atoms with van der Waals surface area (Å²) in [4.78, 5) is 18.3. The first-order valence-corrected chi connectivity index (χ1v) is 21.4. The molecule has 52 heavy (non-hydrogen) atoms. The first-order valence-electron chi connectivity index (χ1n) is 19.5. The van der Waals surface area contributed by atoms with Crippen molar-refractivity contribution < 1.29 is 27.8 Å². The number of aliphatic hydroxyl groups is 1. The Bertz CT molecular complexity index is 1640. The van der Waals surface area contributed by atoms with E-state index in [2.05, 4.69) is 19.8 Å². The zero-order valence-electron chi connectivity index (χ0n) is 31.2. The standard InChI is InChI=1S/C40H59ClN4O6S/c1-28-7-6-17-40(47,27-44-20-15-35(16-21-44)42-18-22-50-3)36-13-10-32(36)25-45-19-5-4-8-30-23-34(41)12-9-33(30)26-51-38-14-11-31(24-37(38)45)39(46)43-52(48,49)29(28)2/h9,11-12,14,23-24,28-29,32,35-36,42,47H,4-8,10,13,15-22,25-27H2,1-3H3,(H,43,46)/t28-,29?,32-,36?,40-/m0/s1. The average Bonchev–Trinajstić information content (AvgIpc) is 3.13. The third-order valence-corrected chi connectivity index (χ3v) is 14.6. The lowest BCUT2D eigenvalue weighted by molar-refractivity contribution is -0.108. The second kappa shape index (κ2) is 17.4. The molecule has 2 fully saturated rings. The quantitative estimate of drug-likeness (QED) is 0.315. The van der Waals surface area contributed by atoms with Gasteiger partial charge in [0.15, 0.2) is 0 Å². The molecule has 12 heteroatoms. The minimum Gasteiger partial charge on any atom is -0.487 e. The maximum Gasteiger partial charge on any atom is 0.264 e. The molecule has 2 unspecified atom stereocenters. The van der Waals surface area contributed by atoms with Crippen molar-refractivity contribution in [2.24, 2.45) is 17.8 Å². The molecule has 2 aromatic carbocycles. The molecule has 3 heterocycles. The van der Waals surface area contributed by atoms with Gasteiger partial charge < -0.3 is 29.7 Å². The van der Waals surface area contributed by atoms with Gasteiger partial charge in [-0.3, -0.25) is 4.79 Å². The van der Waals surface area contributed by atoms with Crippen LogP contribution in [0.2, 0.25) is 5.02 Å². The minimum atomic E-state index is -3.95. The number of anilines is 1. The van der Waals surface area contributed by atoms with Gasteiger partial charge in [-0.1, -0.05) is 31.0 Å². The Morgan fingerprint density at radius 3 is 2.58 bits per heavy atom. The van der Waals surface area contributed by atoms with Crippen LogP contribution in [0.1, 0.15) is 93.1 Å². The summed E-state index contributed by atoms with van der Waals surface area (Å²) in [5.74, 6) is 0.224. The summed E-state index contributed by atoms with van der Waals surface area (Å²) in [5.41, 5.74) is 2.44. The number of β-amino-alcohol motifs (C(OH)–C–C–N with tert-alkyl or cyclic N) is 1. The molecule has 1 amide bonds. The maximum atomic E-state index is 13.6. The van der Waals surface area contributed by atoms with Gasteiger partial charge >= 0.3 is 0 Å². The third kappa shape index (κ3) is 9.44. The van der Waals surface area contributed by atoms with Crippen LogP contribution in [0.4, 0.5) is 5.69 Å². The van der Waals surface area contributed by atoms with Crippen molar-refractivity contribution in [2.45, 2.75) is 102 Å². The van der Waals surface area contributed by atoms with E-state index in [9.17, 15) is 18.3 Å². The van der Waals surface area contributed by atoms with Gasteiger partial charge in [0, 0.05) is 49.9 Å². The average molecular weight is 759 g/mol. The van der Waals surface area contributed by atoms with E-state index in [1.807, 2.05) is 25.1 Å². The van der Waals surface area contributed by atoms with Crippen LogP contribution in [0, 0.1) is 17.8 Å². The lowest BCUT2D eigenvalue weighted by atomic mass is 9.62. The number of aryl methyl sites for hydroxylation is 1. The van der Waals surface area contributed by atoms with E-state index in [0.717, 1.165) is 95.3 Å². The van der Waals surface area contributed by atoms with Gasteiger partial charge in [-0.25, -0.2) is 13.1 Å². The first kappa shape index (κ1) is 39.3. The fourth-order valence-electron chi connectivity index (χ4n) is 8.84. The van der Waals surface area contributed by atoms with Gasteiger partial charge in [0.05, 0.1) is 23.1 Å². The Labute approximate surface area is 316 Å². The molecule has 288 valence electrons. The van der Waals surface area contributed by atoms with Gasteiger partial charge in [0.2, 0.25) is 10.0 Å². The largest absolute Gasteiger partial charge is 0.487 e. The Morgan fingerprint density at radius 1 is 1.02 bits per heavy atom. The number of hydrogen-bond donors (Lipinski definition) is 3. The monoisotopic (exact) mass is 758 g/mol. The summed E-state index contributed by atoms with van der Waals surface area (Å²) in [7, 11) is -2.22. The number of piperidine rings is 1. The Kier molecular flexibility index (Phi) is 13.1. The molecule has 5 atom stereocenters. The number of likely N-dealkylation sites (tertiary alicyclic amines) is 1. The second-order valence-electron chi connectivity index (χ2n) is 15.9. The van der Waals surface area contributed by atoms with Gasteiger partial charge in [-0.2, -0.15) is 0 Å². The number of nitrogens with one attached hydrogen (secondary N) is 2. The number of fused-ring (bicyclic) bond motifs is 3. The van der Waals surface area contributed by atoms with Crippen molar-refractivity contribution in [1.82, 2.24) is 14.9 Å². The molecule has 0 spiro atoms. The van der Waals surface area contributed by atoms with Crippen molar-refractivity contribution in [3.63, 3.8) is 0 Å². The van der Waals surface area contributed by atoms with Crippen LogP contribution in [-0.4, -0.2) is 94.2 Å². The van der Waals surface area contributed by atoms with Gasteiger partial charge in [-0.05, 0) is 137 Å². The highest BCUT2D eigenvalue weighted by atomic mass is 35.5. The maximum absolute atomic E-state index is 13.6. The molecule has 2 aromatic rings. The molecule has 1 saturated carbocycles. The van der Waals surface area contributed by atoms with E-state index < -0.39 is 26.8 Å². The van der Waals surface area contributed by atoms with E-state index in [0.29, 0.717) is 49.4 Å². The molecule has 1 aliphatic carbocycles. The summed E-state index contributed by atoms with van der Waals surface area (Å²) in [6.45, 7) is 9.48. The number of carbonyl (C=O) groups is 1. The number of methoxy groups -OCH3 is 1. The van der Waals surface area contributed by atoms with Crippen molar-refractivity contribution in [3.05, 3.63) is 58.1 Å². The number of nitrogens with zero attached hydrogens (tertiary/aromatic N) is 2. The molecule has 3 N–H and O–H groups in total. The summed E-state index contributed by atoms with van der Waals surface area (Å²) in [6.07, 6.45) is 8.82. The molecule has 6 rings (SSSR count). The summed E-state index contributed by atoms with van der Waals surface area (Å²) < 4.78 is 41.2. The van der Waals surface area contributed by atoms with Crippen LogP contribution in [0.3, 0.4) is 0 Å². The van der Waals surface area contributed by atoms with E-state index in [4.69, 9.17) is 21.1 Å². The summed E-state index contributed by atoms with van der Waals surface area (Å²) in [6, 6.07) is 11.6. The van der Waals surface area contributed by atoms with Crippen molar-refractivity contribution in [3.8, 4) is 5.75 Å². The molecule has 3 aliphatic heterocycles. The predicted octanol–water partition coefficient (Wildman–Crippen LogP) is 5.79. The number of ether oxygens (including phenoxy) is 2. The first-order chi connectivity index (χ1) is 25.0. The van der Waals surface area contributed by atoms with E-state index in [1.54, 1.807) is 32.2 Å². The van der Waals surface area contributed by atoms with Crippen LogP contribution in [0.5, 0.6) is 5.75 Å². The number of rotatable bonds is 6. The number of halogens is 1. The number of hydrogen-bond acceptors (Lipinski definition) is 9. The van der Waals surface area contributed by atoms with E-state index >= 15 is 0 Å². The normalized spacial score (nSPS) is 29.4. The third-order valence-electron chi connectivity index (χ3n) is 12.4. The fraction of sp³-hybridized carbons (Fsp3) is 0.675. The summed E-state index contributed by atoms with van der Waals surface area (Å²) in [5, 5.41) is 16.3. The molecule has 2 bridgehead atoms. The van der Waals surface area contributed by atoms with E-state index in [1.165, 1.54) is 5.56 Å². The highest BCUT2D eigenvalue weighted by Gasteiger charge is 2.48. The number of amides is 1. The zero-order chi connectivity index (χ0) is 36.9. The van der Waals surface area contributed by atoms with Crippen LogP contribution >= 0.6 is 11.6 Å². The van der Waals surface area contributed by atoms with Crippen LogP contribution in [0.25, 0.3) is 0 Å². The highest BCUT2D eigenvalue weighted by Crippen LogP contribution is 2.46. The minimum absolute atomic E-state index is 0.120. The Hall–Kier alpha value is -2.41. The van der Waals surface area contributed by atoms with Crippen molar-refractivity contribution in [1.29, 1.82) is 0 Å². The van der Waals surface area contributed by atoms with E-state index in [-0.39, 0.29) is 23.3 Å². The van der Waals surface area contributed by atoms with Crippen LogP contribution in [-0.2, 0) is 27.8 Å². The van der Waals surface area contributed by atoms with Crippen LogP contribution < -0.4 is 19.7 Å². The lowest BCUT2D eigenvalue weighted by Gasteiger charge is -2.51. The number of sulfonamides is 1. The molecule has 0 aromatic heterocycles. The fourth-order valence-corrected chi connectivity index (χ4v) is 10.3. The molecular formula is C40H59ClN4O6S. The lowest BCUT2D eigenvalue weighted by Crippen LogP contribution is -2.57. The highest BCUT2D eigenvalue weighted by molar-refractivity contribution is 7.90. The Balaban J connectivity index is 1.30. The van der Waals surface area contributed by atoms with Crippen LogP contribution in [0.15, 0.2) is 36.4 Å². The second-order valence-corrected chi connectivity index (χ2v) is 18.4. The topological polar surface area (TPSA) is 120 Å². The van der Waals surface area contributed by atoms with Crippen molar-refractivity contribution >= 4 is 33.2 Å². The van der Waals surface area contributed by atoms with Gasteiger partial charge in [0.25, 0.3) is 5.91 Å². The zero-order valence-corrected chi connectivity index (χ0v) is 32.8. The smallest absolute Gasteiger partial charge is 0.264 e. The summed E-state index contributed by atoms with van der Waals surface area (Å²) >= 11 is 6.39. The molecule has 1 saturated heterocycles. The molecular weight excluding hydrogens is 700 g/mol. The molecule has 10 nitrogen and oxygen atoms in total. The van der Waals surface area contributed by atoms with Gasteiger partial charge in [-0.15, -0.1) is 0 Å². The predicted molar refractivity (Wildman–Crippen MR) is 207 cm³/mol.